The Labute approximate surface area is 136 Å². The van der Waals surface area contributed by atoms with Gasteiger partial charge >= 0.3 is 0 Å². The topological polar surface area (TPSA) is 54.4 Å². The SMILES string of the molecule is O=C(CSCc1ccccc1Br)N/N=C/c1cccnc1. The summed E-state index contributed by atoms with van der Waals surface area (Å²) in [5.41, 5.74) is 4.52. The molecule has 4 nitrogen and oxygen atoms in total. The molecule has 0 fully saturated rings. The number of nitrogens with one attached hydrogen (secondary N) is 1. The van der Waals surface area contributed by atoms with Gasteiger partial charge < -0.3 is 0 Å². The van der Waals surface area contributed by atoms with Crippen LogP contribution in [0.3, 0.4) is 0 Å². The highest BCUT2D eigenvalue weighted by Crippen LogP contribution is 2.20. The molecule has 0 spiro atoms. The highest BCUT2D eigenvalue weighted by Gasteiger charge is 2.02. The summed E-state index contributed by atoms with van der Waals surface area (Å²) in [5.74, 6) is 1.03. The van der Waals surface area contributed by atoms with E-state index in [0.717, 1.165) is 15.8 Å². The summed E-state index contributed by atoms with van der Waals surface area (Å²) in [7, 11) is 0. The van der Waals surface area contributed by atoms with Crippen LogP contribution >= 0.6 is 27.7 Å². The van der Waals surface area contributed by atoms with Crippen molar-refractivity contribution in [2.75, 3.05) is 5.75 Å². The van der Waals surface area contributed by atoms with E-state index in [4.69, 9.17) is 0 Å². The molecule has 21 heavy (non-hydrogen) atoms. The standard InChI is InChI=1S/C15H14BrN3OS/c16-14-6-2-1-5-13(14)10-21-11-15(20)19-18-9-12-4-3-7-17-8-12/h1-9H,10-11H2,(H,19,20)/b18-9+. The molecule has 0 saturated heterocycles. The molecule has 1 amide bonds. The van der Waals surface area contributed by atoms with Crippen LogP contribution in [0.2, 0.25) is 0 Å². The van der Waals surface area contributed by atoms with Crippen molar-refractivity contribution in [1.29, 1.82) is 0 Å². The Morgan fingerprint density at radius 3 is 2.95 bits per heavy atom. The van der Waals surface area contributed by atoms with Crippen molar-refractivity contribution < 1.29 is 4.79 Å². The van der Waals surface area contributed by atoms with Gasteiger partial charge in [-0.2, -0.15) is 5.10 Å². The van der Waals surface area contributed by atoms with Gasteiger partial charge in [-0.05, 0) is 17.7 Å². The zero-order valence-electron chi connectivity index (χ0n) is 11.2. The molecule has 1 aromatic heterocycles. The zero-order valence-corrected chi connectivity index (χ0v) is 13.6. The van der Waals surface area contributed by atoms with E-state index in [2.05, 4.69) is 31.4 Å². The van der Waals surface area contributed by atoms with Crippen LogP contribution in [0, 0.1) is 0 Å². The van der Waals surface area contributed by atoms with Gasteiger partial charge in [-0.3, -0.25) is 9.78 Å². The number of amides is 1. The minimum Gasteiger partial charge on any atom is -0.272 e. The number of aromatic nitrogens is 1. The van der Waals surface area contributed by atoms with E-state index < -0.39 is 0 Å². The van der Waals surface area contributed by atoms with Crippen LogP contribution in [0.5, 0.6) is 0 Å². The minimum atomic E-state index is -0.118. The second kappa shape index (κ2) is 8.59. The number of hydrogen-bond acceptors (Lipinski definition) is 4. The molecule has 0 atom stereocenters. The maximum Gasteiger partial charge on any atom is 0.250 e. The van der Waals surface area contributed by atoms with Gasteiger partial charge in [-0.1, -0.05) is 40.2 Å². The first-order valence-electron chi connectivity index (χ1n) is 6.29. The predicted octanol–water partition coefficient (Wildman–Crippen LogP) is 3.23. The second-order valence-electron chi connectivity index (χ2n) is 4.16. The van der Waals surface area contributed by atoms with Gasteiger partial charge in [-0.15, -0.1) is 11.8 Å². The monoisotopic (exact) mass is 363 g/mol. The van der Waals surface area contributed by atoms with Crippen LogP contribution in [-0.4, -0.2) is 22.9 Å². The number of hydrazone groups is 1. The summed E-state index contributed by atoms with van der Waals surface area (Å²) in [6.45, 7) is 0. The molecule has 0 unspecified atom stereocenters. The van der Waals surface area contributed by atoms with Gasteiger partial charge in [0.2, 0.25) is 5.91 Å². The molecule has 0 aliphatic heterocycles. The number of carbonyl (C=O) groups is 1. The van der Waals surface area contributed by atoms with Crippen molar-refractivity contribution in [3.63, 3.8) is 0 Å². The minimum absolute atomic E-state index is 0.118. The molecule has 0 radical (unpaired) electrons. The summed E-state index contributed by atoms with van der Waals surface area (Å²) < 4.78 is 1.06. The van der Waals surface area contributed by atoms with Gasteiger partial charge in [0.15, 0.2) is 0 Å². The average molecular weight is 364 g/mol. The lowest BCUT2D eigenvalue weighted by Crippen LogP contribution is -2.19. The molecule has 1 N–H and O–H groups in total. The summed E-state index contributed by atoms with van der Waals surface area (Å²) in [5, 5.41) is 3.90. The first kappa shape index (κ1) is 15.7. The van der Waals surface area contributed by atoms with Gasteiger partial charge in [0.05, 0.1) is 12.0 Å². The first-order chi connectivity index (χ1) is 10.3. The van der Waals surface area contributed by atoms with E-state index >= 15 is 0 Å². The second-order valence-corrected chi connectivity index (χ2v) is 6.00. The smallest absolute Gasteiger partial charge is 0.250 e. The van der Waals surface area contributed by atoms with Crippen LogP contribution in [0.1, 0.15) is 11.1 Å². The number of nitrogens with zero attached hydrogens (tertiary/aromatic N) is 2. The molecular weight excluding hydrogens is 350 g/mol. The lowest BCUT2D eigenvalue weighted by atomic mass is 10.2. The van der Waals surface area contributed by atoms with Crippen molar-refractivity contribution in [2.45, 2.75) is 5.75 Å². The Morgan fingerprint density at radius 1 is 1.33 bits per heavy atom. The third kappa shape index (κ3) is 5.69. The van der Waals surface area contributed by atoms with Crippen molar-refractivity contribution in [3.8, 4) is 0 Å². The largest absolute Gasteiger partial charge is 0.272 e. The van der Waals surface area contributed by atoms with E-state index in [-0.39, 0.29) is 5.91 Å². The first-order valence-corrected chi connectivity index (χ1v) is 8.23. The highest BCUT2D eigenvalue weighted by molar-refractivity contribution is 9.10. The van der Waals surface area contributed by atoms with Gasteiger partial charge in [0.25, 0.3) is 0 Å². The summed E-state index contributed by atoms with van der Waals surface area (Å²) in [4.78, 5) is 15.6. The van der Waals surface area contributed by atoms with E-state index in [9.17, 15) is 4.79 Å². The maximum absolute atomic E-state index is 11.6. The normalized spacial score (nSPS) is 10.7. The molecule has 6 heteroatoms. The summed E-state index contributed by atoms with van der Waals surface area (Å²) in [6.07, 6.45) is 4.94. The fourth-order valence-electron chi connectivity index (χ4n) is 1.53. The number of hydrogen-bond donors (Lipinski definition) is 1. The van der Waals surface area contributed by atoms with Gasteiger partial charge in [-0.25, -0.2) is 5.43 Å². The third-order valence-electron chi connectivity index (χ3n) is 2.54. The molecular formula is C15H14BrN3OS. The Hall–Kier alpha value is -1.66. The third-order valence-corrected chi connectivity index (χ3v) is 4.29. The predicted molar refractivity (Wildman–Crippen MR) is 90.3 cm³/mol. The fraction of sp³-hybridized carbons (Fsp3) is 0.133. The summed E-state index contributed by atoms with van der Waals surface area (Å²) in [6, 6.07) is 11.7. The van der Waals surface area contributed by atoms with Gasteiger partial charge in [0.1, 0.15) is 0 Å². The summed E-state index contributed by atoms with van der Waals surface area (Å²) >= 11 is 5.03. The van der Waals surface area contributed by atoms with Crippen LogP contribution in [0.25, 0.3) is 0 Å². The van der Waals surface area contributed by atoms with E-state index in [1.54, 1.807) is 30.4 Å². The van der Waals surface area contributed by atoms with Crippen molar-refractivity contribution in [3.05, 3.63) is 64.4 Å². The van der Waals surface area contributed by atoms with Crippen molar-refractivity contribution >= 4 is 39.8 Å². The number of carbonyl (C=O) groups excluding carboxylic acids is 1. The van der Waals surface area contributed by atoms with Crippen LogP contribution < -0.4 is 5.43 Å². The Balaban J connectivity index is 1.71. The van der Waals surface area contributed by atoms with Gasteiger partial charge in [0, 0.05) is 28.2 Å². The molecule has 0 aliphatic rings. The Morgan fingerprint density at radius 2 is 2.19 bits per heavy atom. The number of rotatable bonds is 6. The lowest BCUT2D eigenvalue weighted by Gasteiger charge is -2.03. The zero-order chi connectivity index (χ0) is 14.9. The lowest BCUT2D eigenvalue weighted by molar-refractivity contribution is -0.118. The number of pyridine rings is 1. The Bertz CT molecular complexity index is 619. The van der Waals surface area contributed by atoms with Crippen LogP contribution in [0.4, 0.5) is 0 Å². The van der Waals surface area contributed by atoms with Crippen LogP contribution in [0.15, 0.2) is 58.4 Å². The molecule has 0 bridgehead atoms. The molecule has 1 heterocycles. The molecule has 2 aromatic rings. The maximum atomic E-state index is 11.6. The quantitative estimate of drug-likeness (QED) is 0.633. The van der Waals surface area contributed by atoms with Crippen LogP contribution in [-0.2, 0) is 10.5 Å². The number of benzene rings is 1. The number of thioether (sulfide) groups is 1. The average Bonchev–Trinajstić information content (AvgIpc) is 2.50. The molecule has 108 valence electrons. The molecule has 2 rings (SSSR count). The highest BCUT2D eigenvalue weighted by atomic mass is 79.9. The number of halogens is 1. The fourth-order valence-corrected chi connectivity index (χ4v) is 2.97. The molecule has 1 aromatic carbocycles. The van der Waals surface area contributed by atoms with E-state index in [0.29, 0.717) is 5.75 Å². The molecule has 0 saturated carbocycles. The van der Waals surface area contributed by atoms with E-state index in [1.165, 1.54) is 5.56 Å². The Kier molecular flexibility index (Phi) is 6.43. The molecule has 0 aliphatic carbocycles. The van der Waals surface area contributed by atoms with Crippen molar-refractivity contribution in [1.82, 2.24) is 10.4 Å². The van der Waals surface area contributed by atoms with E-state index in [1.807, 2.05) is 36.4 Å². The van der Waals surface area contributed by atoms with Crippen molar-refractivity contribution in [2.24, 2.45) is 5.10 Å².